The van der Waals surface area contributed by atoms with E-state index in [0.717, 1.165) is 12.0 Å². The highest BCUT2D eigenvalue weighted by molar-refractivity contribution is 6.30. The molecule has 28 heavy (non-hydrogen) atoms. The van der Waals surface area contributed by atoms with Crippen molar-refractivity contribution in [2.24, 2.45) is 0 Å². The van der Waals surface area contributed by atoms with E-state index in [2.05, 4.69) is 4.98 Å². The molecule has 2 atom stereocenters. The molecule has 0 saturated carbocycles. The average molecular weight is 402 g/mol. The summed E-state index contributed by atoms with van der Waals surface area (Å²) in [6.07, 6.45) is 3.61. The first-order valence-corrected chi connectivity index (χ1v) is 9.08. The second kappa shape index (κ2) is 7.71. The molecule has 1 aliphatic rings. The molecule has 1 fully saturated rings. The molecule has 0 amide bonds. The van der Waals surface area contributed by atoms with Gasteiger partial charge in [0.25, 0.3) is 0 Å². The van der Waals surface area contributed by atoms with Crippen LogP contribution >= 0.6 is 11.6 Å². The van der Waals surface area contributed by atoms with Crippen LogP contribution in [0.5, 0.6) is 5.75 Å². The van der Waals surface area contributed by atoms with Crippen LogP contribution in [0.3, 0.4) is 0 Å². The van der Waals surface area contributed by atoms with Crippen LogP contribution < -0.4 is 10.4 Å². The van der Waals surface area contributed by atoms with Crippen LogP contribution in [-0.2, 0) is 16.1 Å². The molecule has 1 aromatic carbocycles. The van der Waals surface area contributed by atoms with Gasteiger partial charge in [-0.15, -0.1) is 0 Å². The van der Waals surface area contributed by atoms with Gasteiger partial charge in [0, 0.05) is 17.6 Å². The van der Waals surface area contributed by atoms with Gasteiger partial charge in [0.2, 0.25) is 0 Å². The maximum Gasteiger partial charge on any atom is 0.351 e. The Balaban J connectivity index is 1.55. The highest BCUT2D eigenvalue weighted by atomic mass is 35.5. The van der Waals surface area contributed by atoms with E-state index in [-0.39, 0.29) is 23.7 Å². The first kappa shape index (κ1) is 18.6. The summed E-state index contributed by atoms with van der Waals surface area (Å²) in [6.45, 7) is 2.39. The first-order chi connectivity index (χ1) is 13.5. The third kappa shape index (κ3) is 4.06. The maximum absolute atomic E-state index is 12.4. The number of nitrogens with zero attached hydrogens (tertiary/aromatic N) is 1. The summed E-state index contributed by atoms with van der Waals surface area (Å²) in [7, 11) is 0. The summed E-state index contributed by atoms with van der Waals surface area (Å²) < 4.78 is 21.4. The van der Waals surface area contributed by atoms with Crippen LogP contribution in [0.15, 0.2) is 51.9 Å². The third-order valence-corrected chi connectivity index (χ3v) is 4.47. The van der Waals surface area contributed by atoms with E-state index in [1.807, 2.05) is 6.92 Å². The van der Waals surface area contributed by atoms with Gasteiger partial charge in [-0.3, -0.25) is 4.98 Å². The normalized spacial score (nSPS) is 18.2. The Morgan fingerprint density at radius 1 is 1.25 bits per heavy atom. The van der Waals surface area contributed by atoms with Crippen molar-refractivity contribution in [2.75, 3.05) is 0 Å². The number of esters is 1. The van der Waals surface area contributed by atoms with Crippen molar-refractivity contribution in [1.29, 1.82) is 0 Å². The lowest BCUT2D eigenvalue weighted by atomic mass is 10.1. The van der Waals surface area contributed by atoms with Crippen molar-refractivity contribution in [3.63, 3.8) is 0 Å². The zero-order chi connectivity index (χ0) is 19.7. The van der Waals surface area contributed by atoms with Crippen molar-refractivity contribution in [2.45, 2.75) is 32.3 Å². The summed E-state index contributed by atoms with van der Waals surface area (Å²) in [6, 6.07) is 8.11. The molecule has 0 aliphatic carbocycles. The summed E-state index contributed by atoms with van der Waals surface area (Å²) in [5.41, 5.74) is 0.227. The number of rotatable bonds is 6. The van der Waals surface area contributed by atoms with Crippen molar-refractivity contribution < 1.29 is 23.4 Å². The minimum absolute atomic E-state index is 0.133. The Labute approximate surface area is 164 Å². The van der Waals surface area contributed by atoms with Gasteiger partial charge in [0.15, 0.2) is 12.0 Å². The lowest BCUT2D eigenvalue weighted by Crippen LogP contribution is -2.18. The smallest absolute Gasteiger partial charge is 0.351 e. The van der Waals surface area contributed by atoms with Gasteiger partial charge in [0.1, 0.15) is 17.3 Å². The topological polar surface area (TPSA) is 91.2 Å². The Morgan fingerprint density at radius 3 is 2.86 bits per heavy atom. The monoisotopic (exact) mass is 401 g/mol. The van der Waals surface area contributed by atoms with E-state index in [1.54, 1.807) is 18.2 Å². The molecule has 7 nitrogen and oxygen atoms in total. The van der Waals surface area contributed by atoms with E-state index < -0.39 is 11.6 Å². The summed E-state index contributed by atoms with van der Waals surface area (Å²) >= 11 is 5.82. The van der Waals surface area contributed by atoms with Gasteiger partial charge < -0.3 is 18.6 Å². The molecule has 4 rings (SSSR count). The summed E-state index contributed by atoms with van der Waals surface area (Å²) in [4.78, 5) is 28.4. The number of epoxide rings is 1. The highest BCUT2D eigenvalue weighted by Crippen LogP contribution is 2.27. The minimum Gasteiger partial charge on any atom is -0.422 e. The lowest BCUT2D eigenvalue weighted by Gasteiger charge is -2.06. The number of ether oxygens (including phenoxy) is 3. The number of benzene rings is 1. The number of aromatic nitrogens is 1. The number of carbonyl (C=O) groups is 1. The van der Waals surface area contributed by atoms with E-state index in [4.69, 9.17) is 30.2 Å². The van der Waals surface area contributed by atoms with Gasteiger partial charge in [-0.05, 0) is 30.2 Å². The fraction of sp³-hybridized carbons (Fsp3) is 0.250. The lowest BCUT2D eigenvalue weighted by molar-refractivity contribution is 0.0385. The molecule has 2 unspecified atom stereocenters. The second-order valence-electron chi connectivity index (χ2n) is 6.31. The number of pyridine rings is 1. The minimum atomic E-state index is -0.849. The Kier molecular flexibility index (Phi) is 5.13. The molecule has 1 aliphatic heterocycles. The van der Waals surface area contributed by atoms with Gasteiger partial charge in [-0.25, -0.2) is 9.59 Å². The van der Waals surface area contributed by atoms with Crippen LogP contribution in [-0.4, -0.2) is 23.3 Å². The molecule has 8 heteroatoms. The van der Waals surface area contributed by atoms with Crippen LogP contribution in [0.25, 0.3) is 11.0 Å². The van der Waals surface area contributed by atoms with Crippen LogP contribution in [0, 0.1) is 0 Å². The predicted octanol–water partition coefficient (Wildman–Crippen LogP) is 3.71. The quantitative estimate of drug-likeness (QED) is 0.353. The van der Waals surface area contributed by atoms with Crippen molar-refractivity contribution in [1.82, 2.24) is 4.98 Å². The molecule has 0 N–H and O–H groups in total. The molecule has 2 aromatic heterocycles. The van der Waals surface area contributed by atoms with Crippen LogP contribution in [0.4, 0.5) is 0 Å². The predicted molar refractivity (Wildman–Crippen MR) is 100 cm³/mol. The molecule has 3 aromatic rings. The fourth-order valence-electron chi connectivity index (χ4n) is 2.76. The molecule has 0 spiro atoms. The first-order valence-electron chi connectivity index (χ1n) is 8.70. The van der Waals surface area contributed by atoms with E-state index >= 15 is 0 Å². The molecular formula is C20H16ClNO6. The molecule has 0 radical (unpaired) electrons. The second-order valence-corrected chi connectivity index (χ2v) is 6.75. The zero-order valence-corrected chi connectivity index (χ0v) is 15.6. The van der Waals surface area contributed by atoms with Gasteiger partial charge >= 0.3 is 11.6 Å². The van der Waals surface area contributed by atoms with Crippen molar-refractivity contribution in [3.05, 3.63) is 69.3 Å². The summed E-state index contributed by atoms with van der Waals surface area (Å²) in [5.74, 6) is -0.715. The largest absolute Gasteiger partial charge is 0.422 e. The van der Waals surface area contributed by atoms with E-state index in [0.29, 0.717) is 22.6 Å². The number of halogens is 1. The van der Waals surface area contributed by atoms with Crippen molar-refractivity contribution >= 4 is 28.5 Å². The van der Waals surface area contributed by atoms with E-state index in [9.17, 15) is 9.59 Å². The number of carbonyl (C=O) groups excluding carboxylic acids is 1. The molecule has 0 bridgehead atoms. The molecular weight excluding hydrogens is 386 g/mol. The standard InChI is InChI=1S/C20H16ClNO6/c1-2-16-20(28-16)25-10-11-3-4-17-12(5-11)6-15(19(24)27-17)18(23)26-14-7-13(21)8-22-9-14/h3-9,16,20H,2,10H2,1H3. The average Bonchev–Trinajstić information content (AvgIpc) is 3.44. The highest BCUT2D eigenvalue weighted by Gasteiger charge is 2.38. The van der Waals surface area contributed by atoms with Gasteiger partial charge in [-0.2, -0.15) is 0 Å². The SMILES string of the molecule is CCC1OC1OCc1ccc2oc(=O)c(C(=O)Oc3cncc(Cl)c3)cc2c1. The van der Waals surface area contributed by atoms with Gasteiger partial charge in [0.05, 0.1) is 17.8 Å². The number of hydrogen-bond donors (Lipinski definition) is 0. The Morgan fingerprint density at radius 2 is 2.11 bits per heavy atom. The van der Waals surface area contributed by atoms with Crippen LogP contribution in [0.1, 0.15) is 29.3 Å². The Bertz CT molecular complexity index is 1100. The molecule has 3 heterocycles. The third-order valence-electron chi connectivity index (χ3n) is 4.26. The fourth-order valence-corrected chi connectivity index (χ4v) is 2.92. The number of fused-ring (bicyclic) bond motifs is 1. The van der Waals surface area contributed by atoms with E-state index in [1.165, 1.54) is 24.5 Å². The Hall–Kier alpha value is -2.74. The van der Waals surface area contributed by atoms with Crippen LogP contribution in [0.2, 0.25) is 5.02 Å². The van der Waals surface area contributed by atoms with Gasteiger partial charge in [-0.1, -0.05) is 24.6 Å². The molecule has 1 saturated heterocycles. The van der Waals surface area contributed by atoms with Crippen molar-refractivity contribution in [3.8, 4) is 5.75 Å². The molecule has 144 valence electrons. The summed E-state index contributed by atoms with van der Waals surface area (Å²) in [5, 5.41) is 0.895. The maximum atomic E-state index is 12.4. The number of hydrogen-bond acceptors (Lipinski definition) is 7. The zero-order valence-electron chi connectivity index (χ0n) is 14.9.